The van der Waals surface area contributed by atoms with Crippen LogP contribution in [0, 0.1) is 11.7 Å². The van der Waals surface area contributed by atoms with E-state index in [1.165, 1.54) is 29.2 Å². The van der Waals surface area contributed by atoms with E-state index < -0.39 is 15.7 Å². The molecule has 0 N–H and O–H groups in total. The molecule has 3 heterocycles. The fourth-order valence-corrected chi connectivity index (χ4v) is 5.82. The fourth-order valence-electron chi connectivity index (χ4n) is 3.92. The highest BCUT2D eigenvalue weighted by Crippen LogP contribution is 2.34. The van der Waals surface area contributed by atoms with Crippen LogP contribution in [0.4, 0.5) is 9.18 Å². The first-order chi connectivity index (χ1) is 16.3. The molecule has 1 saturated heterocycles. The number of likely N-dealkylation sites (tertiary alicyclic amines) is 1. The van der Waals surface area contributed by atoms with Crippen LogP contribution in [-0.4, -0.2) is 70.4 Å². The second-order valence-corrected chi connectivity index (χ2v) is 11.9. The zero-order chi connectivity index (χ0) is 23.9. The Morgan fingerprint density at radius 2 is 1.97 bits per heavy atom. The summed E-state index contributed by atoms with van der Waals surface area (Å²) < 4.78 is 45.5. The number of ether oxygens (including phenoxy) is 1. The zero-order valence-electron chi connectivity index (χ0n) is 18.6. The first-order valence-electron chi connectivity index (χ1n) is 11.1. The van der Waals surface area contributed by atoms with Crippen LogP contribution in [-0.2, 0) is 14.6 Å². The third-order valence-corrected chi connectivity index (χ3v) is 8.49. The fraction of sp³-hybridized carbons (Fsp3) is 0.455. The van der Waals surface area contributed by atoms with E-state index in [2.05, 4.69) is 15.1 Å². The van der Waals surface area contributed by atoms with Crippen molar-refractivity contribution >= 4 is 38.7 Å². The van der Waals surface area contributed by atoms with E-state index in [1.807, 2.05) is 0 Å². The van der Waals surface area contributed by atoms with Gasteiger partial charge in [-0.25, -0.2) is 32.3 Å². The molecule has 0 radical (unpaired) electrons. The summed E-state index contributed by atoms with van der Waals surface area (Å²) in [6, 6.07) is 4.16. The van der Waals surface area contributed by atoms with Gasteiger partial charge in [0.1, 0.15) is 21.9 Å². The lowest BCUT2D eigenvalue weighted by Gasteiger charge is -2.30. The number of benzene rings is 1. The molecule has 5 rings (SSSR count). The largest absolute Gasteiger partial charge is 0.449 e. The number of sulfone groups is 1. The normalized spacial score (nSPS) is 17.3. The van der Waals surface area contributed by atoms with Crippen LogP contribution in [0.5, 0.6) is 0 Å². The summed E-state index contributed by atoms with van der Waals surface area (Å²) in [4.78, 5) is 22.3. The summed E-state index contributed by atoms with van der Waals surface area (Å²) in [5.41, 5.74) is 0.397. The van der Waals surface area contributed by atoms with E-state index in [4.69, 9.17) is 4.74 Å². The summed E-state index contributed by atoms with van der Waals surface area (Å²) in [7, 11) is -3.73. The average molecular weight is 506 g/mol. The van der Waals surface area contributed by atoms with Crippen LogP contribution >= 0.6 is 11.8 Å². The quantitative estimate of drug-likeness (QED) is 0.469. The van der Waals surface area contributed by atoms with E-state index in [0.717, 1.165) is 31.9 Å². The van der Waals surface area contributed by atoms with Gasteiger partial charge < -0.3 is 9.64 Å². The minimum atomic E-state index is -3.73. The van der Waals surface area contributed by atoms with Crippen molar-refractivity contribution in [2.45, 2.75) is 40.9 Å². The van der Waals surface area contributed by atoms with Gasteiger partial charge in [-0.05, 0) is 43.7 Å². The number of nitrogens with zero attached hydrogens (tertiary/aromatic N) is 5. The van der Waals surface area contributed by atoms with Gasteiger partial charge in [0.25, 0.3) is 0 Å². The summed E-state index contributed by atoms with van der Waals surface area (Å²) in [5, 5.41) is 5.89. The van der Waals surface area contributed by atoms with Crippen LogP contribution < -0.4 is 0 Å². The Labute approximate surface area is 200 Å². The highest BCUT2D eigenvalue weighted by molar-refractivity contribution is 8.00. The van der Waals surface area contributed by atoms with Crippen molar-refractivity contribution in [3.8, 4) is 5.69 Å². The summed E-state index contributed by atoms with van der Waals surface area (Å²) in [5.74, 6) is -0.329. The molecule has 2 aliphatic rings. The highest BCUT2D eigenvalue weighted by atomic mass is 32.2. The SMILES string of the molecule is CS(=O)(=O)c1cccc(-n2ncc3c(SC4CCN(C(=O)OCC5CC5)CC4)ncnc32)c1F. The van der Waals surface area contributed by atoms with Gasteiger partial charge in [-0.15, -0.1) is 11.8 Å². The molecule has 1 amide bonds. The molecule has 1 saturated carbocycles. The molecule has 2 fully saturated rings. The molecule has 0 bridgehead atoms. The predicted octanol–water partition coefficient (Wildman–Crippen LogP) is 3.46. The standard InChI is InChI=1S/C22H24FN5O4S2/c1-34(30,31)18-4-2-3-17(19(18)23)28-20-16(11-26-28)21(25-13-24-20)33-15-7-9-27(10-8-15)22(29)32-12-14-5-6-14/h2-4,11,13-15H,5-10,12H2,1H3. The third kappa shape index (κ3) is 4.74. The number of aromatic nitrogens is 4. The summed E-state index contributed by atoms with van der Waals surface area (Å²) in [6.07, 6.45) is 7.57. The Balaban J connectivity index is 1.32. The Kier molecular flexibility index (Phi) is 6.19. The molecule has 180 valence electrons. The van der Waals surface area contributed by atoms with Crippen molar-refractivity contribution in [3.05, 3.63) is 36.5 Å². The number of carbonyl (C=O) groups is 1. The third-order valence-electron chi connectivity index (χ3n) is 6.02. The molecule has 2 aromatic heterocycles. The Bertz CT molecular complexity index is 1330. The number of hydrogen-bond donors (Lipinski definition) is 0. The van der Waals surface area contributed by atoms with E-state index in [1.54, 1.807) is 22.9 Å². The maximum absolute atomic E-state index is 15.0. The van der Waals surface area contributed by atoms with Crippen LogP contribution in [0.3, 0.4) is 0 Å². The van der Waals surface area contributed by atoms with Gasteiger partial charge in [-0.2, -0.15) is 5.10 Å². The number of hydrogen-bond acceptors (Lipinski definition) is 8. The zero-order valence-corrected chi connectivity index (χ0v) is 20.2. The summed E-state index contributed by atoms with van der Waals surface area (Å²) >= 11 is 1.58. The minimum Gasteiger partial charge on any atom is -0.449 e. The number of piperidine rings is 1. The molecule has 12 heteroatoms. The number of rotatable bonds is 6. The number of halogens is 1. The summed E-state index contributed by atoms with van der Waals surface area (Å²) in [6.45, 7) is 1.76. The highest BCUT2D eigenvalue weighted by Gasteiger charge is 2.28. The van der Waals surface area contributed by atoms with E-state index in [9.17, 15) is 13.2 Å². The van der Waals surface area contributed by atoms with Gasteiger partial charge in [0.15, 0.2) is 21.3 Å². The molecule has 1 aromatic carbocycles. The topological polar surface area (TPSA) is 107 Å². The van der Waals surface area contributed by atoms with Crippen molar-refractivity contribution in [3.63, 3.8) is 0 Å². The smallest absolute Gasteiger partial charge is 0.409 e. The minimum absolute atomic E-state index is 0.00518. The first kappa shape index (κ1) is 23.0. The molecule has 0 atom stereocenters. The Hall–Kier alpha value is -2.73. The van der Waals surface area contributed by atoms with Crippen molar-refractivity contribution in [1.82, 2.24) is 24.6 Å². The second kappa shape index (κ2) is 9.14. The van der Waals surface area contributed by atoms with Gasteiger partial charge in [-0.3, -0.25) is 0 Å². The molecule has 1 aliphatic heterocycles. The van der Waals surface area contributed by atoms with Crippen molar-refractivity contribution in [1.29, 1.82) is 0 Å². The molecular weight excluding hydrogens is 481 g/mol. The van der Waals surface area contributed by atoms with Crippen molar-refractivity contribution in [2.75, 3.05) is 26.0 Å². The molecule has 0 unspecified atom stereocenters. The van der Waals surface area contributed by atoms with Crippen molar-refractivity contribution in [2.24, 2.45) is 5.92 Å². The van der Waals surface area contributed by atoms with E-state index >= 15 is 4.39 Å². The average Bonchev–Trinajstić information content (AvgIpc) is 3.55. The van der Waals surface area contributed by atoms with E-state index in [-0.39, 0.29) is 21.9 Å². The van der Waals surface area contributed by atoms with Gasteiger partial charge in [-0.1, -0.05) is 6.07 Å². The number of amides is 1. The van der Waals surface area contributed by atoms with Gasteiger partial charge in [0, 0.05) is 24.6 Å². The Morgan fingerprint density at radius 3 is 2.68 bits per heavy atom. The second-order valence-electron chi connectivity index (χ2n) is 8.66. The van der Waals surface area contributed by atoms with Gasteiger partial charge >= 0.3 is 6.09 Å². The lowest BCUT2D eigenvalue weighted by Crippen LogP contribution is -2.39. The predicted molar refractivity (Wildman–Crippen MR) is 124 cm³/mol. The first-order valence-corrected chi connectivity index (χ1v) is 13.8. The van der Waals surface area contributed by atoms with Crippen LogP contribution in [0.15, 0.2) is 40.6 Å². The van der Waals surface area contributed by atoms with Crippen LogP contribution in [0.25, 0.3) is 16.7 Å². The van der Waals surface area contributed by atoms with Crippen LogP contribution in [0.2, 0.25) is 0 Å². The monoisotopic (exact) mass is 505 g/mol. The molecule has 1 aliphatic carbocycles. The van der Waals surface area contributed by atoms with Gasteiger partial charge in [0.2, 0.25) is 0 Å². The van der Waals surface area contributed by atoms with Crippen LogP contribution in [0.1, 0.15) is 25.7 Å². The molecular formula is C22H24FN5O4S2. The Morgan fingerprint density at radius 1 is 1.21 bits per heavy atom. The number of carbonyl (C=O) groups excluding carboxylic acids is 1. The maximum atomic E-state index is 15.0. The molecule has 34 heavy (non-hydrogen) atoms. The lowest BCUT2D eigenvalue weighted by atomic mass is 10.1. The molecule has 0 spiro atoms. The van der Waals surface area contributed by atoms with E-state index in [0.29, 0.717) is 41.7 Å². The maximum Gasteiger partial charge on any atom is 0.409 e. The number of thioether (sulfide) groups is 1. The molecule has 3 aromatic rings. The van der Waals surface area contributed by atoms with Gasteiger partial charge in [0.05, 0.1) is 18.2 Å². The lowest BCUT2D eigenvalue weighted by molar-refractivity contribution is 0.0920. The number of fused-ring (bicyclic) bond motifs is 1. The van der Waals surface area contributed by atoms with Crippen molar-refractivity contribution < 1.29 is 22.3 Å². The molecule has 9 nitrogen and oxygen atoms in total.